The summed E-state index contributed by atoms with van der Waals surface area (Å²) in [5.74, 6) is -0.191. The van der Waals surface area contributed by atoms with Gasteiger partial charge in [-0.2, -0.15) is 0 Å². The summed E-state index contributed by atoms with van der Waals surface area (Å²) in [5, 5.41) is 31.4. The number of nitrogens with one attached hydrogen (secondary N) is 2. The number of carbonyl (C=O) groups is 1. The van der Waals surface area contributed by atoms with Gasteiger partial charge in [0.05, 0.1) is 24.4 Å². The Morgan fingerprint density at radius 1 is 1.24 bits per heavy atom. The molecule has 0 spiro atoms. The fourth-order valence-electron chi connectivity index (χ4n) is 5.05. The summed E-state index contributed by atoms with van der Waals surface area (Å²) in [6.07, 6.45) is 14.8. The van der Waals surface area contributed by atoms with Crippen molar-refractivity contribution in [3.05, 3.63) is 23.4 Å². The molecule has 210 valence electrons. The van der Waals surface area contributed by atoms with Crippen molar-refractivity contribution in [2.45, 2.75) is 116 Å². The monoisotopic (exact) mass is 521 g/mol. The van der Waals surface area contributed by atoms with Crippen LogP contribution in [0.15, 0.2) is 23.4 Å². The summed E-state index contributed by atoms with van der Waals surface area (Å²) < 4.78 is 7.66. The van der Waals surface area contributed by atoms with E-state index in [0.29, 0.717) is 42.3 Å². The predicted octanol–water partition coefficient (Wildman–Crippen LogP) is 3.08. The highest BCUT2D eigenvalue weighted by atomic mass is 16.5. The fraction of sp³-hybridized carbons (Fsp3) is 0.741. The molecule has 2 aliphatic rings. The standard InChI is InChI=1S/C27H48N6O4/c1-3-5-7-8-10-13-21(34)19-20-15-16-23-24(22(14-9-6-4-2)31-27(30)33(20)23)25(35)37-18-12-11-17-32(36)26(28)29/h7-8,20-22,34,36H,3-6,9-19H2,1-2H3,(H5,28,29,30,31)/p+1/b8-7-/t20-,21-,22+/m1/s1. The van der Waals surface area contributed by atoms with Gasteiger partial charge in [-0.3, -0.25) is 21.7 Å². The molecule has 0 unspecified atom stereocenters. The van der Waals surface area contributed by atoms with E-state index in [2.05, 4.69) is 31.3 Å². The van der Waals surface area contributed by atoms with E-state index in [9.17, 15) is 15.1 Å². The molecule has 2 rings (SSSR count). The van der Waals surface area contributed by atoms with E-state index < -0.39 is 12.1 Å². The Hall–Kier alpha value is -2.59. The third-order valence-corrected chi connectivity index (χ3v) is 7.04. The molecule has 0 amide bonds. The Labute approximate surface area is 221 Å². The predicted molar refractivity (Wildman–Crippen MR) is 145 cm³/mol. The van der Waals surface area contributed by atoms with Crippen LogP contribution < -0.4 is 16.8 Å². The normalized spacial score (nSPS) is 20.2. The number of aliphatic hydroxyl groups is 1. The van der Waals surface area contributed by atoms with Gasteiger partial charge in [-0.05, 0) is 51.4 Å². The lowest BCUT2D eigenvalue weighted by molar-refractivity contribution is -0.510. The zero-order valence-electron chi connectivity index (χ0n) is 22.8. The number of allylic oxidation sites excluding steroid dienone is 3. The number of carbonyl (C=O) groups excluding carboxylic acids is 1. The van der Waals surface area contributed by atoms with Crippen LogP contribution in [-0.2, 0) is 9.53 Å². The number of fused-ring (bicyclic) bond motifs is 1. The topological polar surface area (TPSA) is 161 Å². The van der Waals surface area contributed by atoms with E-state index in [1.165, 1.54) is 0 Å². The van der Waals surface area contributed by atoms with Crippen molar-refractivity contribution >= 4 is 17.9 Å². The third-order valence-electron chi connectivity index (χ3n) is 7.04. The van der Waals surface area contributed by atoms with Crippen LogP contribution in [0.1, 0.15) is 97.3 Å². The van der Waals surface area contributed by atoms with Gasteiger partial charge >= 0.3 is 11.9 Å². The summed E-state index contributed by atoms with van der Waals surface area (Å²) in [7, 11) is 0. The molecular weight excluding hydrogens is 472 g/mol. The molecule has 0 aromatic carbocycles. The maximum atomic E-state index is 13.3. The smallest absolute Gasteiger partial charge is 0.348 e. The Morgan fingerprint density at radius 2 is 2.00 bits per heavy atom. The molecule has 3 atom stereocenters. The molecule has 0 bridgehead atoms. The third kappa shape index (κ3) is 9.66. The number of rotatable bonds is 17. The summed E-state index contributed by atoms with van der Waals surface area (Å²) in [4.78, 5) is 13.3. The molecule has 2 heterocycles. The first-order valence-corrected chi connectivity index (χ1v) is 14.0. The number of ether oxygens (including phenoxy) is 1. The number of nitrogens with zero attached hydrogens (tertiary/aromatic N) is 2. The first-order chi connectivity index (χ1) is 17.8. The number of unbranched alkanes of at least 4 members (excludes halogenated alkanes) is 4. The van der Waals surface area contributed by atoms with Crippen molar-refractivity contribution in [2.24, 2.45) is 11.5 Å². The Balaban J connectivity index is 2.06. The highest BCUT2D eigenvalue weighted by molar-refractivity contribution is 5.92. The molecule has 10 nitrogen and oxygen atoms in total. The molecule has 1 fully saturated rings. The van der Waals surface area contributed by atoms with E-state index >= 15 is 0 Å². The van der Waals surface area contributed by atoms with Gasteiger partial charge in [0.2, 0.25) is 5.96 Å². The van der Waals surface area contributed by atoms with Crippen molar-refractivity contribution in [2.75, 3.05) is 13.2 Å². The minimum Gasteiger partial charge on any atom is -0.462 e. The average molecular weight is 522 g/mol. The number of hydroxylamine groups is 2. The molecule has 0 saturated carbocycles. The molecule has 0 aliphatic carbocycles. The largest absolute Gasteiger partial charge is 0.462 e. The average Bonchev–Trinajstić information content (AvgIpc) is 3.27. The second-order valence-corrected chi connectivity index (χ2v) is 10.1. The van der Waals surface area contributed by atoms with Crippen LogP contribution in [0.25, 0.3) is 0 Å². The number of hydrogen-bond donors (Lipinski definition) is 6. The lowest BCUT2D eigenvalue weighted by Crippen LogP contribution is -2.53. The second-order valence-electron chi connectivity index (χ2n) is 10.1. The summed E-state index contributed by atoms with van der Waals surface area (Å²) in [6, 6.07) is -0.151. The van der Waals surface area contributed by atoms with Crippen LogP contribution in [0.5, 0.6) is 0 Å². The van der Waals surface area contributed by atoms with Crippen molar-refractivity contribution in [3.8, 4) is 0 Å². The molecule has 8 N–H and O–H groups in total. The number of guanidine groups is 2. The zero-order valence-corrected chi connectivity index (χ0v) is 22.8. The van der Waals surface area contributed by atoms with Gasteiger partial charge in [-0.15, -0.1) is 0 Å². The van der Waals surface area contributed by atoms with Crippen LogP contribution in [-0.4, -0.2) is 69.2 Å². The summed E-state index contributed by atoms with van der Waals surface area (Å²) in [5.41, 5.74) is 13.3. The molecule has 0 aromatic rings. The second kappa shape index (κ2) is 16.3. The minimum absolute atomic E-state index is 0.0404. The minimum atomic E-state index is -0.429. The summed E-state index contributed by atoms with van der Waals surface area (Å²) >= 11 is 0. The van der Waals surface area contributed by atoms with Crippen LogP contribution in [0, 0.1) is 5.41 Å². The number of aliphatic hydroxyl groups excluding tert-OH is 1. The van der Waals surface area contributed by atoms with E-state index in [1.54, 1.807) is 0 Å². The van der Waals surface area contributed by atoms with Crippen molar-refractivity contribution in [1.82, 2.24) is 10.4 Å². The lowest BCUT2D eigenvalue weighted by Gasteiger charge is -2.27. The molecular formula is C27H49N6O4+. The molecule has 2 aliphatic heterocycles. The van der Waals surface area contributed by atoms with Gasteiger partial charge < -0.3 is 15.6 Å². The van der Waals surface area contributed by atoms with Gasteiger partial charge in [0, 0.05) is 19.4 Å². The summed E-state index contributed by atoms with van der Waals surface area (Å²) in [6.45, 7) is 4.72. The number of nitrogens with two attached hydrogens (primary N) is 2. The number of hydrogen-bond acceptors (Lipinski definition) is 7. The quantitative estimate of drug-likeness (QED) is 0.0324. The van der Waals surface area contributed by atoms with Crippen LogP contribution in [0.2, 0.25) is 0 Å². The van der Waals surface area contributed by atoms with E-state index in [4.69, 9.17) is 21.6 Å². The molecule has 37 heavy (non-hydrogen) atoms. The Bertz CT molecular complexity index is 841. The number of esters is 1. The van der Waals surface area contributed by atoms with Crippen LogP contribution >= 0.6 is 0 Å². The highest BCUT2D eigenvalue weighted by Gasteiger charge is 2.43. The van der Waals surface area contributed by atoms with Gasteiger partial charge in [0.1, 0.15) is 11.6 Å². The van der Waals surface area contributed by atoms with Gasteiger partial charge in [0.15, 0.2) is 0 Å². The van der Waals surface area contributed by atoms with E-state index in [0.717, 1.165) is 63.5 Å². The van der Waals surface area contributed by atoms with Crippen molar-refractivity contribution in [3.63, 3.8) is 0 Å². The van der Waals surface area contributed by atoms with Crippen LogP contribution in [0.3, 0.4) is 0 Å². The first-order valence-electron chi connectivity index (χ1n) is 14.0. The lowest BCUT2D eigenvalue weighted by atomic mass is 9.96. The van der Waals surface area contributed by atoms with Crippen LogP contribution in [0.4, 0.5) is 0 Å². The Morgan fingerprint density at radius 3 is 2.70 bits per heavy atom. The zero-order chi connectivity index (χ0) is 27.2. The van der Waals surface area contributed by atoms with Crippen molar-refractivity contribution < 1.29 is 24.4 Å². The first kappa shape index (κ1) is 30.6. The maximum Gasteiger partial charge on any atom is 0.348 e. The molecule has 10 heteroatoms. The van der Waals surface area contributed by atoms with Crippen molar-refractivity contribution in [1.29, 1.82) is 5.41 Å². The van der Waals surface area contributed by atoms with Gasteiger partial charge in [0.25, 0.3) is 0 Å². The van der Waals surface area contributed by atoms with E-state index in [-0.39, 0.29) is 31.2 Å². The molecule has 0 radical (unpaired) electrons. The SMILES string of the molecule is CCC/C=C\CC[C@@H](O)C[C@H]1CCC2=C(C(=O)OCCCCN(O)C(=N)N)[C@H](CCCCC)NC(N)=[N+]21. The van der Waals surface area contributed by atoms with Gasteiger partial charge in [-0.25, -0.2) is 14.4 Å². The molecule has 0 aromatic heterocycles. The molecule has 1 saturated heterocycles. The Kier molecular flexibility index (Phi) is 13.5. The fourth-order valence-corrected chi connectivity index (χ4v) is 5.05. The van der Waals surface area contributed by atoms with Gasteiger partial charge in [-0.1, -0.05) is 45.3 Å². The maximum absolute atomic E-state index is 13.3. The van der Waals surface area contributed by atoms with E-state index in [1.807, 2.05) is 4.58 Å². The highest BCUT2D eigenvalue weighted by Crippen LogP contribution is 2.33.